The van der Waals surface area contributed by atoms with E-state index in [0.29, 0.717) is 5.75 Å². The second kappa shape index (κ2) is 8.77. The minimum atomic E-state index is -1.83. The highest BCUT2D eigenvalue weighted by atomic mass is 79.9. The van der Waals surface area contributed by atoms with E-state index < -0.39 is 15.9 Å². The van der Waals surface area contributed by atoms with E-state index in [2.05, 4.69) is 21.2 Å². The largest absolute Gasteiger partial charge is 0.466 e. The van der Waals surface area contributed by atoms with Gasteiger partial charge in [0.15, 0.2) is 0 Å². The van der Waals surface area contributed by atoms with Crippen LogP contribution >= 0.6 is 50.7 Å². The predicted octanol–water partition coefficient (Wildman–Crippen LogP) is 5.35. The molecule has 2 aromatic carbocycles. The minimum Gasteiger partial charge on any atom is -0.466 e. The molecule has 0 saturated heterocycles. The highest BCUT2D eigenvalue weighted by Crippen LogP contribution is 2.32. The first-order valence-electron chi connectivity index (χ1n) is 6.87. The number of hydrogen-bond acceptors (Lipinski definition) is 2. The van der Waals surface area contributed by atoms with Crippen molar-refractivity contribution < 1.29 is 9.53 Å². The molecule has 2 rings (SSSR count). The van der Waals surface area contributed by atoms with E-state index in [0.717, 1.165) is 10.0 Å². The average Bonchev–Trinajstić information content (AvgIpc) is 2.54. The highest BCUT2D eigenvalue weighted by molar-refractivity contribution is 9.10. The minimum absolute atomic E-state index is 0.438. The summed E-state index contributed by atoms with van der Waals surface area (Å²) in [5.41, 5.74) is 0.881. The fourth-order valence-electron chi connectivity index (χ4n) is 1.74. The second-order valence-electron chi connectivity index (χ2n) is 4.75. The maximum absolute atomic E-state index is 12.1. The van der Waals surface area contributed by atoms with E-state index in [-0.39, 0.29) is 0 Å². The Bertz CT molecular complexity index is 700. The molecule has 0 bridgehead atoms. The standard InChI is InChI=1S/C17H13BrCl3NO2/c18-13-7-9-14(10-8-13)24-16(17(19,20)21)22-15(23)11-6-12-4-2-1-3-5-12/h1-11,16H,(H,22,23)/b11-6-/t16-/m0/s1. The fraction of sp³-hybridized carbons (Fsp3) is 0.118. The normalized spacial score (nSPS) is 12.8. The van der Waals surface area contributed by atoms with Crippen molar-refractivity contribution in [2.45, 2.75) is 10.0 Å². The lowest BCUT2D eigenvalue weighted by atomic mass is 10.2. The number of carbonyl (C=O) groups is 1. The molecule has 0 fully saturated rings. The van der Waals surface area contributed by atoms with Crippen molar-refractivity contribution in [1.29, 1.82) is 0 Å². The summed E-state index contributed by atoms with van der Waals surface area (Å²) in [5, 5.41) is 2.53. The Labute approximate surface area is 163 Å². The van der Waals surface area contributed by atoms with E-state index >= 15 is 0 Å². The Morgan fingerprint density at radius 3 is 2.29 bits per heavy atom. The van der Waals surface area contributed by atoms with Gasteiger partial charge in [0.1, 0.15) is 5.75 Å². The van der Waals surface area contributed by atoms with Gasteiger partial charge in [0.05, 0.1) is 0 Å². The van der Waals surface area contributed by atoms with Gasteiger partial charge >= 0.3 is 0 Å². The van der Waals surface area contributed by atoms with Crippen LogP contribution in [0.5, 0.6) is 5.75 Å². The summed E-state index contributed by atoms with van der Waals surface area (Å²) in [6.07, 6.45) is 1.87. The number of carbonyl (C=O) groups excluding carboxylic acids is 1. The van der Waals surface area contributed by atoms with E-state index in [9.17, 15) is 4.79 Å². The first-order chi connectivity index (χ1) is 11.3. The lowest BCUT2D eigenvalue weighted by molar-refractivity contribution is -0.118. The lowest BCUT2D eigenvalue weighted by Crippen LogP contribution is -2.47. The topological polar surface area (TPSA) is 38.3 Å². The summed E-state index contributed by atoms with van der Waals surface area (Å²) in [7, 11) is 0. The van der Waals surface area contributed by atoms with Crippen LogP contribution in [0.15, 0.2) is 65.1 Å². The number of halogens is 4. The predicted molar refractivity (Wildman–Crippen MR) is 102 cm³/mol. The van der Waals surface area contributed by atoms with Crippen molar-refractivity contribution in [2.24, 2.45) is 0 Å². The second-order valence-corrected chi connectivity index (χ2v) is 8.03. The third kappa shape index (κ3) is 6.36. The van der Waals surface area contributed by atoms with Crippen LogP contribution in [0.25, 0.3) is 6.08 Å². The average molecular weight is 450 g/mol. The summed E-state index contributed by atoms with van der Waals surface area (Å²) < 4.78 is 4.63. The molecule has 1 atom stereocenters. The van der Waals surface area contributed by atoms with Gasteiger partial charge in [-0.3, -0.25) is 4.79 Å². The van der Waals surface area contributed by atoms with Gasteiger partial charge in [-0.25, -0.2) is 0 Å². The summed E-state index contributed by atoms with van der Waals surface area (Å²) in [6.45, 7) is 0. The molecule has 0 spiro atoms. The molecule has 0 heterocycles. The number of hydrogen-bond donors (Lipinski definition) is 1. The van der Waals surface area contributed by atoms with Crippen molar-refractivity contribution in [3.8, 4) is 5.75 Å². The number of amides is 1. The zero-order valence-electron chi connectivity index (χ0n) is 12.3. The molecule has 0 aliphatic carbocycles. The van der Waals surface area contributed by atoms with Crippen molar-refractivity contribution in [1.82, 2.24) is 5.32 Å². The zero-order chi connectivity index (χ0) is 17.6. The van der Waals surface area contributed by atoms with Gasteiger partial charge in [-0.05, 0) is 35.9 Å². The summed E-state index contributed by atoms with van der Waals surface area (Å²) >= 11 is 21.0. The van der Waals surface area contributed by atoms with Gasteiger partial charge in [-0.1, -0.05) is 81.1 Å². The van der Waals surface area contributed by atoms with Crippen molar-refractivity contribution >= 4 is 62.7 Å². The molecule has 0 aliphatic heterocycles. The van der Waals surface area contributed by atoms with Crippen LogP contribution in [-0.4, -0.2) is 15.9 Å². The quantitative estimate of drug-likeness (QED) is 0.379. The molecular weight excluding hydrogens is 436 g/mol. The van der Waals surface area contributed by atoms with Gasteiger partial charge in [0, 0.05) is 10.5 Å². The molecule has 7 heteroatoms. The third-order valence-corrected chi connectivity index (χ3v) is 3.99. The van der Waals surface area contributed by atoms with Crippen molar-refractivity contribution in [3.63, 3.8) is 0 Å². The molecule has 126 valence electrons. The molecule has 1 amide bonds. The molecule has 0 aromatic heterocycles. The van der Waals surface area contributed by atoms with Gasteiger partial charge in [-0.2, -0.15) is 0 Å². The Hall–Kier alpha value is -1.20. The Kier molecular flexibility index (Phi) is 6.99. The van der Waals surface area contributed by atoms with Crippen LogP contribution in [0.2, 0.25) is 0 Å². The van der Waals surface area contributed by atoms with Crippen molar-refractivity contribution in [3.05, 3.63) is 70.7 Å². The van der Waals surface area contributed by atoms with Crippen LogP contribution in [0.4, 0.5) is 0 Å². The smallest absolute Gasteiger partial charge is 0.246 e. The number of ether oxygens (including phenoxy) is 1. The summed E-state index contributed by atoms with van der Waals surface area (Å²) in [5.74, 6) is 0.0224. The SMILES string of the molecule is O=C(/C=C\c1ccccc1)N[C@@H](Oc1ccc(Br)cc1)C(Cl)(Cl)Cl. The first kappa shape index (κ1) is 19.1. The van der Waals surface area contributed by atoms with Gasteiger partial charge in [0.2, 0.25) is 15.9 Å². The molecule has 3 nitrogen and oxygen atoms in total. The first-order valence-corrected chi connectivity index (χ1v) is 8.80. The van der Waals surface area contributed by atoms with E-state index in [4.69, 9.17) is 39.5 Å². The van der Waals surface area contributed by atoms with Crippen LogP contribution < -0.4 is 10.1 Å². The summed E-state index contributed by atoms with van der Waals surface area (Å²) in [6, 6.07) is 16.3. The Balaban J connectivity index is 2.04. The van der Waals surface area contributed by atoms with Gasteiger partial charge < -0.3 is 10.1 Å². The van der Waals surface area contributed by atoms with Crippen LogP contribution in [0, 0.1) is 0 Å². The molecule has 0 unspecified atom stereocenters. The number of benzene rings is 2. The Morgan fingerprint density at radius 1 is 1.08 bits per heavy atom. The highest BCUT2D eigenvalue weighted by Gasteiger charge is 2.35. The molecule has 2 aromatic rings. The zero-order valence-corrected chi connectivity index (χ0v) is 16.1. The molecular formula is C17H13BrCl3NO2. The van der Waals surface area contributed by atoms with Gasteiger partial charge in [-0.15, -0.1) is 0 Å². The fourth-order valence-corrected chi connectivity index (χ4v) is 2.30. The van der Waals surface area contributed by atoms with Crippen LogP contribution in [-0.2, 0) is 4.79 Å². The number of rotatable bonds is 5. The van der Waals surface area contributed by atoms with Crippen molar-refractivity contribution in [2.75, 3.05) is 0 Å². The Morgan fingerprint density at radius 2 is 1.71 bits per heavy atom. The van der Waals surface area contributed by atoms with E-state index in [1.165, 1.54) is 6.08 Å². The maximum atomic E-state index is 12.1. The number of alkyl halides is 3. The molecule has 0 radical (unpaired) electrons. The number of nitrogens with one attached hydrogen (secondary N) is 1. The van der Waals surface area contributed by atoms with Crippen LogP contribution in [0.1, 0.15) is 5.56 Å². The van der Waals surface area contributed by atoms with E-state index in [1.807, 2.05) is 30.3 Å². The van der Waals surface area contributed by atoms with E-state index in [1.54, 1.807) is 30.3 Å². The molecule has 0 aliphatic rings. The van der Waals surface area contributed by atoms with Crippen LogP contribution in [0.3, 0.4) is 0 Å². The summed E-state index contributed by atoms with van der Waals surface area (Å²) in [4.78, 5) is 12.1. The maximum Gasteiger partial charge on any atom is 0.246 e. The lowest BCUT2D eigenvalue weighted by Gasteiger charge is -2.25. The monoisotopic (exact) mass is 447 g/mol. The molecule has 0 saturated carbocycles. The molecule has 1 N–H and O–H groups in total. The van der Waals surface area contributed by atoms with Gasteiger partial charge in [0.25, 0.3) is 0 Å². The third-order valence-electron chi connectivity index (χ3n) is 2.86. The molecule has 24 heavy (non-hydrogen) atoms.